The largest absolute Gasteiger partial charge is 0.348 e. The molecule has 2 unspecified atom stereocenters. The standard InChI is InChI=1S/C24H19ClF2N2O3S/c1-29-21-9-5-16(24(31)28-13-14-2-6-17(26)7-3-14)12-18(21)23(30)22(33(29)32)11-15-4-8-20(27)19(25)10-15/h2-10,12,22H,11,13H2,1H3,(H,28,31). The summed E-state index contributed by atoms with van der Waals surface area (Å²) in [6.07, 6.45) is 0.107. The molecule has 0 saturated heterocycles. The van der Waals surface area contributed by atoms with Crippen molar-refractivity contribution in [2.45, 2.75) is 18.2 Å². The third-order valence-corrected chi connectivity index (χ3v) is 7.33. The number of nitrogens with zero attached hydrogens (tertiary/aromatic N) is 1. The highest BCUT2D eigenvalue weighted by molar-refractivity contribution is 7.88. The normalized spacial score (nSPS) is 17.6. The maximum Gasteiger partial charge on any atom is 0.251 e. The van der Waals surface area contributed by atoms with Crippen LogP contribution in [0.2, 0.25) is 5.02 Å². The topological polar surface area (TPSA) is 66.5 Å². The number of amides is 1. The number of carbonyl (C=O) groups excluding carboxylic acids is 2. The summed E-state index contributed by atoms with van der Waals surface area (Å²) in [4.78, 5) is 25.9. The lowest BCUT2D eigenvalue weighted by atomic mass is 9.98. The van der Waals surface area contributed by atoms with Crippen molar-refractivity contribution in [3.63, 3.8) is 0 Å². The number of rotatable bonds is 5. The molecule has 33 heavy (non-hydrogen) atoms. The fourth-order valence-electron chi connectivity index (χ4n) is 3.63. The highest BCUT2D eigenvalue weighted by atomic mass is 35.5. The number of ketones is 1. The van der Waals surface area contributed by atoms with Crippen molar-refractivity contribution in [1.29, 1.82) is 0 Å². The summed E-state index contributed by atoms with van der Waals surface area (Å²) in [6.45, 7) is 0.196. The Bertz CT molecular complexity index is 1270. The van der Waals surface area contributed by atoms with Crippen LogP contribution in [0, 0.1) is 11.6 Å². The molecule has 1 N–H and O–H groups in total. The summed E-state index contributed by atoms with van der Waals surface area (Å²) in [5.74, 6) is -1.70. The Kier molecular flexibility index (Phi) is 6.58. The molecular formula is C24H19ClF2N2O3S. The van der Waals surface area contributed by atoms with Crippen molar-refractivity contribution >= 4 is 40.0 Å². The Morgan fingerprint density at radius 1 is 1.06 bits per heavy atom. The summed E-state index contributed by atoms with van der Waals surface area (Å²) in [7, 11) is -0.0471. The summed E-state index contributed by atoms with van der Waals surface area (Å²) < 4.78 is 41.0. The summed E-state index contributed by atoms with van der Waals surface area (Å²) in [5, 5.41) is 1.77. The van der Waals surface area contributed by atoms with Gasteiger partial charge >= 0.3 is 0 Å². The second-order valence-electron chi connectivity index (χ2n) is 7.62. The molecule has 1 heterocycles. The lowest BCUT2D eigenvalue weighted by Gasteiger charge is -2.31. The fraction of sp³-hybridized carbons (Fsp3) is 0.167. The lowest BCUT2D eigenvalue weighted by Crippen LogP contribution is -2.42. The van der Waals surface area contributed by atoms with Gasteiger partial charge in [-0.2, -0.15) is 0 Å². The van der Waals surface area contributed by atoms with E-state index in [1.54, 1.807) is 31.3 Å². The third-order valence-electron chi connectivity index (χ3n) is 5.44. The van der Waals surface area contributed by atoms with E-state index in [1.165, 1.54) is 40.7 Å². The first-order valence-electron chi connectivity index (χ1n) is 10.0. The highest BCUT2D eigenvalue weighted by Crippen LogP contribution is 2.32. The molecule has 3 aromatic carbocycles. The van der Waals surface area contributed by atoms with Crippen LogP contribution in [-0.2, 0) is 24.0 Å². The van der Waals surface area contributed by atoms with Crippen LogP contribution >= 0.6 is 11.6 Å². The predicted molar refractivity (Wildman–Crippen MR) is 124 cm³/mol. The zero-order valence-corrected chi connectivity index (χ0v) is 19.1. The van der Waals surface area contributed by atoms with E-state index in [4.69, 9.17) is 11.6 Å². The number of halogens is 3. The quantitative estimate of drug-likeness (QED) is 0.577. The maximum atomic E-state index is 13.5. The second kappa shape index (κ2) is 9.41. The number of hydrogen-bond acceptors (Lipinski definition) is 3. The van der Waals surface area contributed by atoms with Crippen LogP contribution < -0.4 is 9.62 Å². The van der Waals surface area contributed by atoms with Gasteiger partial charge in [0.05, 0.1) is 10.7 Å². The van der Waals surface area contributed by atoms with E-state index in [1.807, 2.05) is 0 Å². The van der Waals surface area contributed by atoms with Crippen LogP contribution in [0.25, 0.3) is 0 Å². The first kappa shape index (κ1) is 23.1. The molecule has 1 amide bonds. The third kappa shape index (κ3) is 4.82. The average Bonchev–Trinajstić information content (AvgIpc) is 2.81. The summed E-state index contributed by atoms with van der Waals surface area (Å²) >= 11 is 5.84. The van der Waals surface area contributed by atoms with Gasteiger partial charge in [-0.15, -0.1) is 0 Å². The smallest absolute Gasteiger partial charge is 0.251 e. The lowest BCUT2D eigenvalue weighted by molar-refractivity contribution is 0.0951. The van der Waals surface area contributed by atoms with E-state index in [9.17, 15) is 22.6 Å². The Labute approximate surface area is 197 Å². The molecule has 0 radical (unpaired) electrons. The number of carbonyl (C=O) groups is 2. The van der Waals surface area contributed by atoms with E-state index < -0.39 is 28.0 Å². The van der Waals surface area contributed by atoms with Gasteiger partial charge in [-0.3, -0.25) is 13.9 Å². The van der Waals surface area contributed by atoms with Crippen molar-refractivity contribution in [2.75, 3.05) is 11.4 Å². The van der Waals surface area contributed by atoms with Gasteiger partial charge in [0.25, 0.3) is 5.91 Å². The van der Waals surface area contributed by atoms with Gasteiger partial charge in [-0.25, -0.2) is 13.0 Å². The van der Waals surface area contributed by atoms with Gasteiger partial charge in [0.2, 0.25) is 0 Å². The first-order valence-corrected chi connectivity index (χ1v) is 11.6. The van der Waals surface area contributed by atoms with Crippen LogP contribution in [0.1, 0.15) is 31.8 Å². The van der Waals surface area contributed by atoms with Crippen LogP contribution in [0.4, 0.5) is 14.5 Å². The molecular weight excluding hydrogens is 470 g/mol. The van der Waals surface area contributed by atoms with E-state index in [0.29, 0.717) is 11.3 Å². The molecule has 1 aliphatic rings. The van der Waals surface area contributed by atoms with Gasteiger partial charge in [0.15, 0.2) is 5.78 Å². The van der Waals surface area contributed by atoms with Crippen molar-refractivity contribution in [1.82, 2.24) is 5.32 Å². The maximum absolute atomic E-state index is 13.5. The zero-order valence-electron chi connectivity index (χ0n) is 17.5. The van der Waals surface area contributed by atoms with Crippen molar-refractivity contribution in [3.8, 4) is 0 Å². The first-order chi connectivity index (χ1) is 15.7. The molecule has 0 spiro atoms. The number of hydrogen-bond donors (Lipinski definition) is 1. The van der Waals surface area contributed by atoms with Crippen molar-refractivity contribution in [2.24, 2.45) is 0 Å². The van der Waals surface area contributed by atoms with E-state index in [0.717, 1.165) is 5.56 Å². The molecule has 3 aromatic rings. The number of fused-ring (bicyclic) bond motifs is 1. The molecule has 9 heteroatoms. The number of Topliss-reactive ketones (excluding diaryl/α,β-unsaturated/α-hetero) is 1. The molecule has 0 bridgehead atoms. The molecule has 0 aliphatic carbocycles. The van der Waals surface area contributed by atoms with Crippen LogP contribution in [-0.4, -0.2) is 28.2 Å². The highest BCUT2D eigenvalue weighted by Gasteiger charge is 2.37. The number of nitrogens with one attached hydrogen (secondary N) is 1. The minimum Gasteiger partial charge on any atom is -0.348 e. The van der Waals surface area contributed by atoms with Crippen LogP contribution in [0.5, 0.6) is 0 Å². The monoisotopic (exact) mass is 488 g/mol. The van der Waals surface area contributed by atoms with Gasteiger partial charge in [0, 0.05) is 24.7 Å². The molecule has 170 valence electrons. The molecule has 4 rings (SSSR count). The predicted octanol–water partition coefficient (Wildman–Crippen LogP) is 4.46. The molecule has 0 fully saturated rings. The number of benzene rings is 3. The Hall–Kier alpha value is -3.10. The molecule has 0 aromatic heterocycles. The second-order valence-corrected chi connectivity index (χ2v) is 9.70. The minimum absolute atomic E-state index is 0.0737. The number of anilines is 1. The molecule has 0 saturated carbocycles. The van der Waals surface area contributed by atoms with Crippen molar-refractivity contribution < 1.29 is 22.6 Å². The Morgan fingerprint density at radius 2 is 1.76 bits per heavy atom. The summed E-state index contributed by atoms with van der Waals surface area (Å²) in [5.41, 5.74) is 2.32. The van der Waals surface area contributed by atoms with Gasteiger partial charge in [-0.05, 0) is 60.0 Å². The van der Waals surface area contributed by atoms with E-state index in [-0.39, 0.29) is 40.7 Å². The molecule has 5 nitrogen and oxygen atoms in total. The van der Waals surface area contributed by atoms with Crippen molar-refractivity contribution in [3.05, 3.63) is 99.6 Å². The van der Waals surface area contributed by atoms with Crippen LogP contribution in [0.15, 0.2) is 60.7 Å². The van der Waals surface area contributed by atoms with E-state index >= 15 is 0 Å². The van der Waals surface area contributed by atoms with Gasteiger partial charge in [0.1, 0.15) is 27.9 Å². The Balaban J connectivity index is 1.56. The average molecular weight is 489 g/mol. The zero-order chi connectivity index (χ0) is 23.7. The minimum atomic E-state index is -1.66. The molecule has 1 aliphatic heterocycles. The van der Waals surface area contributed by atoms with Gasteiger partial charge < -0.3 is 5.32 Å². The fourth-order valence-corrected chi connectivity index (χ4v) is 5.22. The Morgan fingerprint density at radius 3 is 2.45 bits per heavy atom. The summed E-state index contributed by atoms with van der Waals surface area (Å²) in [6, 6.07) is 14.5. The SMILES string of the molecule is CN1c2ccc(C(=O)NCc3ccc(F)cc3)cc2C(=O)C(Cc2ccc(F)c(Cl)c2)S1=O. The van der Waals surface area contributed by atoms with E-state index in [2.05, 4.69) is 5.32 Å². The molecule has 2 atom stereocenters. The van der Waals surface area contributed by atoms with Gasteiger partial charge in [-0.1, -0.05) is 29.8 Å². The van der Waals surface area contributed by atoms with Crippen LogP contribution in [0.3, 0.4) is 0 Å².